The van der Waals surface area contributed by atoms with E-state index in [4.69, 9.17) is 16.0 Å². The fraction of sp³-hybridized carbons (Fsp3) is 0.769. The molecule has 0 aromatic carbocycles. The van der Waals surface area contributed by atoms with Crippen molar-refractivity contribution in [1.82, 2.24) is 4.98 Å². The third kappa shape index (κ3) is 2.42. The van der Waals surface area contributed by atoms with Crippen LogP contribution in [0.3, 0.4) is 0 Å². The van der Waals surface area contributed by atoms with Crippen molar-refractivity contribution < 1.29 is 4.42 Å². The Morgan fingerprint density at radius 1 is 1.50 bits per heavy atom. The molecule has 2 rings (SSSR count). The average Bonchev–Trinajstić information content (AvgIpc) is 2.66. The monoisotopic (exact) mass is 241 g/mol. The first-order chi connectivity index (χ1) is 7.63. The maximum atomic E-state index is 5.80. The summed E-state index contributed by atoms with van der Waals surface area (Å²) in [6, 6.07) is 0. The highest BCUT2D eigenvalue weighted by atomic mass is 35.5. The van der Waals surface area contributed by atoms with E-state index in [9.17, 15) is 0 Å². The van der Waals surface area contributed by atoms with Crippen LogP contribution in [0.5, 0.6) is 0 Å². The van der Waals surface area contributed by atoms with Crippen LogP contribution in [0, 0.1) is 5.41 Å². The fourth-order valence-electron chi connectivity index (χ4n) is 2.70. The molecule has 1 unspecified atom stereocenters. The molecule has 0 bridgehead atoms. The van der Waals surface area contributed by atoms with Crippen molar-refractivity contribution in [2.24, 2.45) is 5.41 Å². The number of rotatable bonds is 3. The number of aromatic nitrogens is 1. The molecule has 1 aliphatic rings. The Kier molecular flexibility index (Phi) is 3.58. The highest BCUT2D eigenvalue weighted by Crippen LogP contribution is 2.46. The highest BCUT2D eigenvalue weighted by Gasteiger charge is 2.35. The van der Waals surface area contributed by atoms with Crippen molar-refractivity contribution in [3.05, 3.63) is 17.8 Å². The predicted octanol–water partition coefficient (Wildman–Crippen LogP) is 4.14. The maximum absolute atomic E-state index is 5.80. The number of oxazole rings is 1. The van der Waals surface area contributed by atoms with Crippen molar-refractivity contribution in [3.63, 3.8) is 0 Å². The molecule has 1 aromatic rings. The van der Waals surface area contributed by atoms with Gasteiger partial charge in [0.2, 0.25) is 0 Å². The summed E-state index contributed by atoms with van der Waals surface area (Å²) in [5, 5.41) is 0. The normalized spacial score (nSPS) is 24.6. The Morgan fingerprint density at radius 3 is 3.00 bits per heavy atom. The summed E-state index contributed by atoms with van der Waals surface area (Å²) < 4.78 is 5.80. The smallest absolute Gasteiger partial charge is 0.195 e. The molecule has 0 amide bonds. The molecule has 1 aliphatic carbocycles. The molecular weight excluding hydrogens is 222 g/mol. The maximum Gasteiger partial charge on any atom is 0.195 e. The van der Waals surface area contributed by atoms with Crippen molar-refractivity contribution in [2.45, 2.75) is 51.9 Å². The Labute approximate surface area is 102 Å². The van der Waals surface area contributed by atoms with Crippen LogP contribution in [0.1, 0.15) is 57.1 Å². The Morgan fingerprint density at radius 2 is 2.31 bits per heavy atom. The van der Waals surface area contributed by atoms with Crippen LogP contribution in [0.4, 0.5) is 0 Å². The van der Waals surface area contributed by atoms with Gasteiger partial charge in [-0.1, -0.05) is 26.7 Å². The van der Waals surface area contributed by atoms with Crippen molar-refractivity contribution in [3.8, 4) is 0 Å². The van der Waals surface area contributed by atoms with Crippen LogP contribution in [0.15, 0.2) is 10.6 Å². The van der Waals surface area contributed by atoms with Gasteiger partial charge in [-0.2, -0.15) is 0 Å². The fourth-order valence-corrected chi connectivity index (χ4v) is 2.86. The highest BCUT2D eigenvalue weighted by molar-refractivity contribution is 6.17. The molecule has 1 saturated carbocycles. The van der Waals surface area contributed by atoms with Crippen LogP contribution in [0.25, 0.3) is 0 Å². The first-order valence-corrected chi connectivity index (χ1v) is 6.67. The second-order valence-corrected chi connectivity index (χ2v) is 5.76. The SMILES string of the molecule is CC1(C)CCCCC1c1cnc(CCCl)o1. The minimum absolute atomic E-state index is 0.343. The summed E-state index contributed by atoms with van der Waals surface area (Å²) in [5.41, 5.74) is 0.343. The summed E-state index contributed by atoms with van der Waals surface area (Å²) in [6.45, 7) is 4.67. The van der Waals surface area contributed by atoms with Gasteiger partial charge in [-0.25, -0.2) is 4.98 Å². The lowest BCUT2D eigenvalue weighted by Gasteiger charge is -2.37. The lowest BCUT2D eigenvalue weighted by atomic mass is 9.68. The summed E-state index contributed by atoms with van der Waals surface area (Å²) in [6.07, 6.45) is 7.78. The number of aryl methyl sites for hydroxylation is 1. The van der Waals surface area contributed by atoms with Crippen molar-refractivity contribution >= 4 is 11.6 Å². The third-order valence-corrected chi connectivity index (χ3v) is 3.92. The second kappa shape index (κ2) is 4.79. The Bertz CT molecular complexity index is 345. The quantitative estimate of drug-likeness (QED) is 0.744. The average molecular weight is 242 g/mol. The lowest BCUT2D eigenvalue weighted by molar-refractivity contribution is 0.176. The number of hydrogen-bond acceptors (Lipinski definition) is 2. The van der Waals surface area contributed by atoms with Gasteiger partial charge in [0.1, 0.15) is 5.76 Å². The van der Waals surface area contributed by atoms with E-state index < -0.39 is 0 Å². The third-order valence-electron chi connectivity index (χ3n) is 3.73. The first-order valence-electron chi connectivity index (χ1n) is 6.14. The number of hydrogen-bond donors (Lipinski definition) is 0. The number of halogens is 1. The van der Waals surface area contributed by atoms with Gasteiger partial charge in [-0.05, 0) is 18.3 Å². The zero-order chi connectivity index (χ0) is 11.6. The van der Waals surface area contributed by atoms with E-state index >= 15 is 0 Å². The Hall–Kier alpha value is -0.500. The van der Waals surface area contributed by atoms with E-state index in [0.29, 0.717) is 17.2 Å². The molecule has 3 heteroatoms. The Balaban J connectivity index is 2.15. The van der Waals surface area contributed by atoms with E-state index in [1.807, 2.05) is 6.20 Å². The molecular formula is C13H20ClNO. The molecule has 0 aliphatic heterocycles. The number of nitrogens with zero attached hydrogens (tertiary/aromatic N) is 1. The zero-order valence-corrected chi connectivity index (χ0v) is 10.9. The van der Waals surface area contributed by atoms with Gasteiger partial charge in [-0.15, -0.1) is 11.6 Å². The molecule has 0 radical (unpaired) electrons. The minimum Gasteiger partial charge on any atom is -0.445 e. The van der Waals surface area contributed by atoms with Gasteiger partial charge < -0.3 is 4.42 Å². The largest absolute Gasteiger partial charge is 0.445 e. The molecule has 90 valence electrons. The van der Waals surface area contributed by atoms with Crippen LogP contribution in [-0.4, -0.2) is 10.9 Å². The van der Waals surface area contributed by atoms with Gasteiger partial charge in [0.05, 0.1) is 6.20 Å². The standard InChI is InChI=1S/C13H20ClNO/c1-13(2)7-4-3-5-10(13)11-9-15-12(16-11)6-8-14/h9-10H,3-8H2,1-2H3. The summed E-state index contributed by atoms with van der Waals surface area (Å²) in [4.78, 5) is 4.30. The molecule has 2 nitrogen and oxygen atoms in total. The van der Waals surface area contributed by atoms with Crippen molar-refractivity contribution in [2.75, 3.05) is 5.88 Å². The molecule has 1 aromatic heterocycles. The molecule has 0 N–H and O–H groups in total. The predicted molar refractivity (Wildman–Crippen MR) is 65.9 cm³/mol. The molecule has 0 spiro atoms. The van der Waals surface area contributed by atoms with Crippen LogP contribution >= 0.6 is 11.6 Å². The number of alkyl halides is 1. The van der Waals surface area contributed by atoms with Gasteiger partial charge in [0.15, 0.2) is 5.89 Å². The van der Waals surface area contributed by atoms with Crippen molar-refractivity contribution in [1.29, 1.82) is 0 Å². The van der Waals surface area contributed by atoms with Crippen LogP contribution in [0.2, 0.25) is 0 Å². The zero-order valence-electron chi connectivity index (χ0n) is 10.1. The molecule has 1 heterocycles. The molecule has 1 fully saturated rings. The van der Waals surface area contributed by atoms with Gasteiger partial charge in [-0.3, -0.25) is 0 Å². The van der Waals surface area contributed by atoms with E-state index in [0.717, 1.165) is 18.1 Å². The van der Waals surface area contributed by atoms with Gasteiger partial charge in [0, 0.05) is 18.2 Å². The minimum atomic E-state index is 0.343. The van der Waals surface area contributed by atoms with Crippen LogP contribution in [-0.2, 0) is 6.42 Å². The van der Waals surface area contributed by atoms with Gasteiger partial charge >= 0.3 is 0 Å². The molecule has 0 saturated heterocycles. The van der Waals surface area contributed by atoms with E-state index in [-0.39, 0.29) is 0 Å². The van der Waals surface area contributed by atoms with E-state index in [2.05, 4.69) is 18.8 Å². The lowest BCUT2D eigenvalue weighted by Crippen LogP contribution is -2.25. The van der Waals surface area contributed by atoms with E-state index in [1.165, 1.54) is 25.7 Å². The second-order valence-electron chi connectivity index (χ2n) is 5.38. The van der Waals surface area contributed by atoms with E-state index in [1.54, 1.807) is 0 Å². The summed E-state index contributed by atoms with van der Waals surface area (Å²) in [5.74, 6) is 2.95. The molecule has 16 heavy (non-hydrogen) atoms. The summed E-state index contributed by atoms with van der Waals surface area (Å²) in [7, 11) is 0. The first kappa shape index (κ1) is 12.0. The summed E-state index contributed by atoms with van der Waals surface area (Å²) >= 11 is 5.69. The van der Waals surface area contributed by atoms with Crippen LogP contribution < -0.4 is 0 Å². The molecule has 1 atom stereocenters. The van der Waals surface area contributed by atoms with Gasteiger partial charge in [0.25, 0.3) is 0 Å². The topological polar surface area (TPSA) is 26.0 Å².